The Bertz CT molecular complexity index is 1110. The molecular formula is C25H28N4O3S. The first-order valence-electron chi connectivity index (χ1n) is 11.1. The van der Waals surface area contributed by atoms with Crippen LogP contribution in [0, 0.1) is 11.3 Å². The Morgan fingerprint density at radius 2 is 2.21 bits per heavy atom. The summed E-state index contributed by atoms with van der Waals surface area (Å²) in [7, 11) is 1.52. The molecule has 2 aromatic rings. The molecule has 0 radical (unpaired) electrons. The predicted octanol–water partition coefficient (Wildman–Crippen LogP) is 4.18. The van der Waals surface area contributed by atoms with Crippen molar-refractivity contribution >= 4 is 22.7 Å². The third-order valence-corrected chi connectivity index (χ3v) is 6.80. The van der Waals surface area contributed by atoms with Crippen molar-refractivity contribution in [2.75, 3.05) is 13.7 Å². The molecule has 2 aromatic carbocycles. The molecule has 1 aliphatic carbocycles. The van der Waals surface area contributed by atoms with Gasteiger partial charge in [-0.05, 0) is 61.9 Å². The number of carbonyl (C=O) groups is 1. The molecule has 0 saturated heterocycles. The molecule has 7 nitrogen and oxygen atoms in total. The van der Waals surface area contributed by atoms with Gasteiger partial charge in [-0.3, -0.25) is 10.2 Å². The average Bonchev–Trinajstić information content (AvgIpc) is 3.29. The van der Waals surface area contributed by atoms with Gasteiger partial charge in [-0.2, -0.15) is 10.4 Å². The van der Waals surface area contributed by atoms with Crippen LogP contribution in [0.25, 0.3) is 0 Å². The van der Waals surface area contributed by atoms with Crippen LogP contribution in [-0.2, 0) is 16.0 Å². The average molecular weight is 465 g/mol. The summed E-state index contributed by atoms with van der Waals surface area (Å²) in [5.41, 5.74) is 8.19. The fraction of sp³-hybridized carbons (Fsp3) is 0.400. The van der Waals surface area contributed by atoms with E-state index in [1.54, 1.807) is 11.8 Å². The number of hydrogen-bond acceptors (Lipinski definition) is 7. The number of nitrogens with one attached hydrogen (secondary N) is 2. The molecule has 172 valence electrons. The number of hydrazone groups is 1. The maximum atomic E-state index is 12.1. The zero-order valence-electron chi connectivity index (χ0n) is 19.1. The number of thioether (sulfide) groups is 1. The molecule has 2 atom stereocenters. The van der Waals surface area contributed by atoms with Crippen molar-refractivity contribution in [2.45, 2.75) is 50.6 Å². The van der Waals surface area contributed by atoms with Crippen molar-refractivity contribution < 1.29 is 14.3 Å². The van der Waals surface area contributed by atoms with Gasteiger partial charge in [0.25, 0.3) is 0 Å². The summed E-state index contributed by atoms with van der Waals surface area (Å²) in [6.45, 7) is 3.95. The Morgan fingerprint density at radius 1 is 1.36 bits per heavy atom. The Balaban J connectivity index is 1.53. The molecule has 33 heavy (non-hydrogen) atoms. The van der Waals surface area contributed by atoms with Crippen molar-refractivity contribution in [3.63, 3.8) is 0 Å². The Labute approximate surface area is 198 Å². The quantitative estimate of drug-likeness (QED) is 0.638. The van der Waals surface area contributed by atoms with E-state index in [4.69, 9.17) is 9.47 Å². The highest BCUT2D eigenvalue weighted by Crippen LogP contribution is 2.39. The second-order valence-electron chi connectivity index (χ2n) is 8.40. The molecule has 1 amide bonds. The van der Waals surface area contributed by atoms with E-state index in [2.05, 4.69) is 34.0 Å². The number of hydrogen-bond donors (Lipinski definition) is 2. The highest BCUT2D eigenvalue weighted by molar-refractivity contribution is 8.14. The minimum absolute atomic E-state index is 0.00392. The van der Waals surface area contributed by atoms with E-state index in [1.807, 2.05) is 38.1 Å². The number of fused-ring (bicyclic) bond motifs is 1. The highest BCUT2D eigenvalue weighted by atomic mass is 32.2. The summed E-state index contributed by atoms with van der Waals surface area (Å²) in [6.07, 6.45) is 2.86. The van der Waals surface area contributed by atoms with Gasteiger partial charge in [-0.1, -0.05) is 36.0 Å². The fourth-order valence-electron chi connectivity index (χ4n) is 4.27. The lowest BCUT2D eigenvalue weighted by Crippen LogP contribution is -2.33. The first-order chi connectivity index (χ1) is 16.0. The van der Waals surface area contributed by atoms with E-state index in [0.29, 0.717) is 11.3 Å². The molecule has 4 rings (SSSR count). The summed E-state index contributed by atoms with van der Waals surface area (Å²) >= 11 is 1.63. The van der Waals surface area contributed by atoms with Crippen LogP contribution >= 0.6 is 11.8 Å². The van der Waals surface area contributed by atoms with Crippen LogP contribution in [0.4, 0.5) is 0 Å². The number of amides is 1. The standard InChI is InChI=1S/C25H28N4O3S/c1-15(2)32-22-11-10-16(12-17(22)13-26)24-28-29-25(33-24)20-8-4-7-19-18(20)6-5-9-21(19)27-23(30)14-31-3/h4,7-8,10-12,15,21,24,28H,5-6,9,14H2,1-3H3,(H,27,30). The summed E-state index contributed by atoms with van der Waals surface area (Å²) in [6, 6.07) is 14.1. The van der Waals surface area contributed by atoms with E-state index >= 15 is 0 Å². The summed E-state index contributed by atoms with van der Waals surface area (Å²) in [5, 5.41) is 18.1. The maximum Gasteiger partial charge on any atom is 0.246 e. The van der Waals surface area contributed by atoms with Crippen molar-refractivity contribution in [3.05, 3.63) is 64.2 Å². The topological polar surface area (TPSA) is 95.7 Å². The number of nitriles is 1. The van der Waals surface area contributed by atoms with E-state index < -0.39 is 0 Å². The SMILES string of the molecule is COCC(=O)NC1CCCc2c(C3=NNC(c4ccc(OC(C)C)c(C#N)c4)S3)cccc21. The van der Waals surface area contributed by atoms with Crippen molar-refractivity contribution in [3.8, 4) is 11.8 Å². The molecule has 0 bridgehead atoms. The molecule has 0 spiro atoms. The Morgan fingerprint density at radius 3 is 2.97 bits per heavy atom. The second-order valence-corrected chi connectivity index (χ2v) is 9.49. The Kier molecular flexibility index (Phi) is 7.21. The molecule has 2 N–H and O–H groups in total. The first-order valence-corrected chi connectivity index (χ1v) is 12.0. The summed E-state index contributed by atoms with van der Waals surface area (Å²) in [5.74, 6) is 0.493. The predicted molar refractivity (Wildman–Crippen MR) is 129 cm³/mol. The van der Waals surface area contributed by atoms with Gasteiger partial charge in [0.2, 0.25) is 5.91 Å². The first kappa shape index (κ1) is 23.1. The van der Waals surface area contributed by atoms with Crippen LogP contribution in [0.15, 0.2) is 41.5 Å². The normalized spacial score (nSPS) is 19.3. The van der Waals surface area contributed by atoms with Gasteiger partial charge in [-0.25, -0.2) is 0 Å². The van der Waals surface area contributed by atoms with E-state index in [9.17, 15) is 10.1 Å². The molecular weight excluding hydrogens is 436 g/mol. The van der Waals surface area contributed by atoms with E-state index in [1.165, 1.54) is 12.7 Å². The number of methoxy groups -OCH3 is 1. The van der Waals surface area contributed by atoms with Crippen LogP contribution in [0.2, 0.25) is 0 Å². The third-order valence-electron chi connectivity index (χ3n) is 5.65. The molecule has 0 fully saturated rings. The number of carbonyl (C=O) groups excluding carboxylic acids is 1. The van der Waals surface area contributed by atoms with Crippen LogP contribution in [0.5, 0.6) is 5.75 Å². The zero-order valence-corrected chi connectivity index (χ0v) is 19.9. The molecule has 2 unspecified atom stereocenters. The molecule has 2 aliphatic rings. The van der Waals surface area contributed by atoms with Gasteiger partial charge in [-0.15, -0.1) is 0 Å². The third kappa shape index (κ3) is 5.15. The number of benzene rings is 2. The molecule has 1 aliphatic heterocycles. The summed E-state index contributed by atoms with van der Waals surface area (Å²) < 4.78 is 10.7. The van der Waals surface area contributed by atoms with Gasteiger partial charge < -0.3 is 14.8 Å². The lowest BCUT2D eigenvalue weighted by Gasteiger charge is -2.28. The minimum Gasteiger partial charge on any atom is -0.490 e. The lowest BCUT2D eigenvalue weighted by molar-refractivity contribution is -0.125. The van der Waals surface area contributed by atoms with E-state index in [0.717, 1.165) is 41.0 Å². The Hall–Kier alpha value is -3.02. The summed E-state index contributed by atoms with van der Waals surface area (Å²) in [4.78, 5) is 12.1. The van der Waals surface area contributed by atoms with Gasteiger partial charge in [0.1, 0.15) is 28.8 Å². The van der Waals surface area contributed by atoms with Gasteiger partial charge >= 0.3 is 0 Å². The van der Waals surface area contributed by atoms with Gasteiger partial charge in [0.05, 0.1) is 17.7 Å². The monoisotopic (exact) mass is 464 g/mol. The molecule has 8 heteroatoms. The van der Waals surface area contributed by atoms with Crippen LogP contribution < -0.4 is 15.5 Å². The zero-order chi connectivity index (χ0) is 23.4. The van der Waals surface area contributed by atoms with Crippen LogP contribution in [0.3, 0.4) is 0 Å². The lowest BCUT2D eigenvalue weighted by atomic mass is 9.85. The van der Waals surface area contributed by atoms with Crippen molar-refractivity contribution in [1.82, 2.24) is 10.7 Å². The van der Waals surface area contributed by atoms with Crippen molar-refractivity contribution in [2.24, 2.45) is 5.10 Å². The fourth-order valence-corrected chi connectivity index (χ4v) is 5.30. The van der Waals surface area contributed by atoms with Crippen LogP contribution in [0.1, 0.15) is 65.9 Å². The van der Waals surface area contributed by atoms with Gasteiger partial charge in [0, 0.05) is 12.7 Å². The second kappa shape index (κ2) is 10.3. The largest absolute Gasteiger partial charge is 0.490 e. The molecule has 1 heterocycles. The number of ether oxygens (including phenoxy) is 2. The number of rotatable bonds is 7. The smallest absolute Gasteiger partial charge is 0.246 e. The highest BCUT2D eigenvalue weighted by Gasteiger charge is 2.29. The van der Waals surface area contributed by atoms with Crippen LogP contribution in [-0.4, -0.2) is 30.8 Å². The van der Waals surface area contributed by atoms with Crippen molar-refractivity contribution in [1.29, 1.82) is 5.26 Å². The number of nitrogens with zero attached hydrogens (tertiary/aromatic N) is 2. The van der Waals surface area contributed by atoms with Gasteiger partial charge in [0.15, 0.2) is 0 Å². The molecule has 0 aromatic heterocycles. The maximum absolute atomic E-state index is 12.1. The van der Waals surface area contributed by atoms with E-state index in [-0.39, 0.29) is 30.0 Å². The minimum atomic E-state index is -0.103. The molecule has 0 saturated carbocycles.